The van der Waals surface area contributed by atoms with Crippen molar-refractivity contribution in [3.8, 4) is 11.5 Å². The fourth-order valence-electron chi connectivity index (χ4n) is 2.71. The number of carbonyl (C=O) groups excluding carboxylic acids is 1. The lowest BCUT2D eigenvalue weighted by molar-refractivity contribution is 0.262. The highest BCUT2D eigenvalue weighted by molar-refractivity contribution is 6.32. The number of carbonyl (C=O) groups is 1. The van der Waals surface area contributed by atoms with E-state index < -0.39 is 6.03 Å². The molecule has 9 heteroatoms. The zero-order valence-electron chi connectivity index (χ0n) is 14.6. The van der Waals surface area contributed by atoms with Crippen LogP contribution in [0, 0.1) is 0 Å². The van der Waals surface area contributed by atoms with E-state index in [1.807, 2.05) is 0 Å². The number of urea groups is 1. The summed E-state index contributed by atoms with van der Waals surface area (Å²) in [6.07, 6.45) is 5.47. The summed E-state index contributed by atoms with van der Waals surface area (Å²) in [5, 5.41) is 5.74. The third-order valence-electron chi connectivity index (χ3n) is 4.01. The van der Waals surface area contributed by atoms with E-state index in [-0.39, 0.29) is 0 Å². The molecule has 0 aliphatic carbocycles. The lowest BCUT2D eigenvalue weighted by atomic mass is 10.2. The molecular formula is C17H20ClN5O3. The standard InChI is InChI=1S/C17H20ClN5O3/c1-25-14-8-15(26-2)13(7-12(14)18)22-17(24)21-11-9-19-16(20-10-11)23-5-3-4-6-23/h7-10H,3-6H2,1-2H3,(H2,21,22,24). The van der Waals surface area contributed by atoms with Gasteiger partial charge in [-0.3, -0.25) is 0 Å². The summed E-state index contributed by atoms with van der Waals surface area (Å²) < 4.78 is 10.4. The fourth-order valence-corrected chi connectivity index (χ4v) is 2.95. The molecule has 1 aliphatic rings. The number of rotatable bonds is 5. The minimum absolute atomic E-state index is 0.363. The SMILES string of the molecule is COc1cc(OC)c(NC(=O)Nc2cnc(N3CCCC3)nc2)cc1Cl. The van der Waals surface area contributed by atoms with E-state index in [1.54, 1.807) is 24.5 Å². The number of nitrogens with one attached hydrogen (secondary N) is 2. The summed E-state index contributed by atoms with van der Waals surface area (Å²) >= 11 is 6.10. The lowest BCUT2D eigenvalue weighted by Crippen LogP contribution is -2.22. The molecule has 1 aromatic carbocycles. The summed E-state index contributed by atoms with van der Waals surface area (Å²) in [6, 6.07) is 2.71. The third-order valence-corrected chi connectivity index (χ3v) is 4.30. The highest BCUT2D eigenvalue weighted by Crippen LogP contribution is 2.35. The lowest BCUT2D eigenvalue weighted by Gasteiger charge is -2.15. The molecule has 0 saturated carbocycles. The van der Waals surface area contributed by atoms with Crippen molar-refractivity contribution in [2.45, 2.75) is 12.8 Å². The van der Waals surface area contributed by atoms with E-state index in [0.717, 1.165) is 25.9 Å². The molecule has 3 rings (SSSR count). The molecule has 2 aromatic rings. The van der Waals surface area contributed by atoms with Gasteiger partial charge in [-0.05, 0) is 18.9 Å². The molecule has 1 saturated heterocycles. The first-order valence-electron chi connectivity index (χ1n) is 8.17. The van der Waals surface area contributed by atoms with Gasteiger partial charge in [-0.2, -0.15) is 0 Å². The molecule has 0 bridgehead atoms. The van der Waals surface area contributed by atoms with Crippen LogP contribution in [0.3, 0.4) is 0 Å². The van der Waals surface area contributed by atoms with Gasteiger partial charge in [0.15, 0.2) is 0 Å². The summed E-state index contributed by atoms with van der Waals surface area (Å²) in [7, 11) is 3.00. The molecular weight excluding hydrogens is 358 g/mol. The molecule has 26 heavy (non-hydrogen) atoms. The quantitative estimate of drug-likeness (QED) is 0.830. The Morgan fingerprint density at radius 3 is 2.35 bits per heavy atom. The number of benzene rings is 1. The monoisotopic (exact) mass is 377 g/mol. The van der Waals surface area contributed by atoms with E-state index >= 15 is 0 Å². The number of hydrogen-bond acceptors (Lipinski definition) is 6. The Balaban J connectivity index is 1.66. The second-order valence-corrected chi connectivity index (χ2v) is 6.14. The van der Waals surface area contributed by atoms with Crippen molar-refractivity contribution in [2.75, 3.05) is 42.8 Å². The average Bonchev–Trinajstić information content (AvgIpc) is 3.17. The third kappa shape index (κ3) is 4.08. The number of ether oxygens (including phenoxy) is 2. The predicted octanol–water partition coefficient (Wildman–Crippen LogP) is 3.39. The maximum atomic E-state index is 12.2. The minimum atomic E-state index is -0.456. The predicted molar refractivity (Wildman–Crippen MR) is 101 cm³/mol. The molecule has 0 unspecified atom stereocenters. The number of halogens is 1. The van der Waals surface area contributed by atoms with Crippen LogP contribution >= 0.6 is 11.6 Å². The van der Waals surface area contributed by atoms with Crippen molar-refractivity contribution in [3.63, 3.8) is 0 Å². The van der Waals surface area contributed by atoms with Crippen molar-refractivity contribution < 1.29 is 14.3 Å². The van der Waals surface area contributed by atoms with E-state index in [9.17, 15) is 4.79 Å². The second kappa shape index (κ2) is 8.09. The van der Waals surface area contributed by atoms with Crippen molar-refractivity contribution in [3.05, 3.63) is 29.5 Å². The molecule has 1 fully saturated rings. The average molecular weight is 378 g/mol. The second-order valence-electron chi connectivity index (χ2n) is 5.73. The molecule has 2 heterocycles. The Labute approximate surface area is 156 Å². The van der Waals surface area contributed by atoms with Crippen LogP contribution in [0.15, 0.2) is 24.5 Å². The smallest absolute Gasteiger partial charge is 0.323 e. The first kappa shape index (κ1) is 18.1. The molecule has 0 radical (unpaired) electrons. The number of anilines is 3. The summed E-state index contributed by atoms with van der Waals surface area (Å²) in [5.74, 6) is 1.57. The van der Waals surface area contributed by atoms with Gasteiger partial charge in [0.05, 0.1) is 43.0 Å². The summed E-state index contributed by atoms with van der Waals surface area (Å²) in [6.45, 7) is 1.93. The molecule has 8 nitrogen and oxygen atoms in total. The maximum absolute atomic E-state index is 12.2. The Bertz CT molecular complexity index is 779. The molecule has 2 amide bonds. The van der Waals surface area contributed by atoms with Gasteiger partial charge in [-0.1, -0.05) is 11.6 Å². The number of methoxy groups -OCH3 is 2. The number of amides is 2. The number of aromatic nitrogens is 2. The van der Waals surface area contributed by atoms with Crippen LogP contribution in [-0.4, -0.2) is 43.3 Å². The first-order chi connectivity index (χ1) is 12.6. The highest BCUT2D eigenvalue weighted by atomic mass is 35.5. The maximum Gasteiger partial charge on any atom is 0.323 e. The van der Waals surface area contributed by atoms with E-state index in [0.29, 0.717) is 33.8 Å². The van der Waals surface area contributed by atoms with Crippen molar-refractivity contribution in [1.82, 2.24) is 9.97 Å². The van der Waals surface area contributed by atoms with Crippen molar-refractivity contribution >= 4 is 35.0 Å². The summed E-state index contributed by atoms with van der Waals surface area (Å²) in [4.78, 5) is 23.0. The Morgan fingerprint density at radius 2 is 1.73 bits per heavy atom. The fraction of sp³-hybridized carbons (Fsp3) is 0.353. The van der Waals surface area contributed by atoms with Crippen LogP contribution in [0.4, 0.5) is 22.1 Å². The number of nitrogens with zero attached hydrogens (tertiary/aromatic N) is 3. The number of hydrogen-bond donors (Lipinski definition) is 2. The van der Waals surface area contributed by atoms with Crippen molar-refractivity contribution in [2.24, 2.45) is 0 Å². The van der Waals surface area contributed by atoms with Gasteiger partial charge in [0, 0.05) is 19.2 Å². The summed E-state index contributed by atoms with van der Waals surface area (Å²) in [5.41, 5.74) is 0.912. The zero-order valence-corrected chi connectivity index (χ0v) is 15.3. The van der Waals surface area contributed by atoms with Gasteiger partial charge in [-0.25, -0.2) is 14.8 Å². The molecule has 0 spiro atoms. The molecule has 0 atom stereocenters. The first-order valence-corrected chi connectivity index (χ1v) is 8.55. The Kier molecular flexibility index (Phi) is 5.62. The molecule has 1 aromatic heterocycles. The topological polar surface area (TPSA) is 88.6 Å². The van der Waals surface area contributed by atoms with Crippen LogP contribution in [0.1, 0.15) is 12.8 Å². The minimum Gasteiger partial charge on any atom is -0.495 e. The van der Waals surface area contributed by atoms with E-state index in [2.05, 4.69) is 25.5 Å². The van der Waals surface area contributed by atoms with Gasteiger partial charge in [0.25, 0.3) is 0 Å². The highest BCUT2D eigenvalue weighted by Gasteiger charge is 2.15. The van der Waals surface area contributed by atoms with Crippen LogP contribution in [0.2, 0.25) is 5.02 Å². The van der Waals surface area contributed by atoms with Crippen molar-refractivity contribution in [1.29, 1.82) is 0 Å². The zero-order chi connectivity index (χ0) is 18.5. The van der Waals surface area contributed by atoms with E-state index in [1.165, 1.54) is 14.2 Å². The van der Waals surface area contributed by atoms with E-state index in [4.69, 9.17) is 21.1 Å². The Hall–Kier alpha value is -2.74. The largest absolute Gasteiger partial charge is 0.495 e. The molecule has 2 N–H and O–H groups in total. The van der Waals surface area contributed by atoms with Gasteiger partial charge in [-0.15, -0.1) is 0 Å². The van der Waals surface area contributed by atoms with Crippen LogP contribution in [-0.2, 0) is 0 Å². The van der Waals surface area contributed by atoms with Gasteiger partial charge < -0.3 is 25.0 Å². The van der Waals surface area contributed by atoms with Gasteiger partial charge >= 0.3 is 6.03 Å². The molecule has 1 aliphatic heterocycles. The molecule has 138 valence electrons. The van der Waals surface area contributed by atoms with Crippen LogP contribution in [0.25, 0.3) is 0 Å². The Morgan fingerprint density at radius 1 is 1.08 bits per heavy atom. The van der Waals surface area contributed by atoms with Crippen LogP contribution in [0.5, 0.6) is 11.5 Å². The van der Waals surface area contributed by atoms with Gasteiger partial charge in [0.2, 0.25) is 5.95 Å². The normalized spacial score (nSPS) is 13.4. The van der Waals surface area contributed by atoms with Gasteiger partial charge in [0.1, 0.15) is 11.5 Å². The van der Waals surface area contributed by atoms with Crippen LogP contribution < -0.4 is 25.0 Å².